The van der Waals surface area contributed by atoms with Crippen LogP contribution in [0.1, 0.15) is 53.3 Å². The Morgan fingerprint density at radius 3 is 2.65 bits per heavy atom. The Morgan fingerprint density at radius 2 is 2.00 bits per heavy atom. The topological polar surface area (TPSA) is 51.0 Å². The van der Waals surface area contributed by atoms with Crippen LogP contribution in [0.2, 0.25) is 5.02 Å². The van der Waals surface area contributed by atoms with Gasteiger partial charge in [-0.15, -0.1) is 10.2 Å². The summed E-state index contributed by atoms with van der Waals surface area (Å²) in [6, 6.07) is 3.55. The average Bonchev–Trinajstić information content (AvgIpc) is 3.32. The molecule has 1 aliphatic heterocycles. The molecule has 1 aliphatic carbocycles. The fourth-order valence-corrected chi connectivity index (χ4v) is 3.61. The van der Waals surface area contributed by atoms with Crippen LogP contribution in [-0.2, 0) is 19.3 Å². The maximum absolute atomic E-state index is 13.1. The molecule has 0 radical (unpaired) electrons. The van der Waals surface area contributed by atoms with E-state index in [0.717, 1.165) is 24.7 Å². The molecule has 1 aromatic heterocycles. The van der Waals surface area contributed by atoms with Gasteiger partial charge in [0.25, 0.3) is 5.91 Å². The van der Waals surface area contributed by atoms with Crippen LogP contribution in [0.25, 0.3) is 0 Å². The standard InChI is InChI=1S/C17H16ClF3N4O/c1-9-7-25-14(10-5-6-10)22-23-15(25)16(26)24(9)8-11-3-2-4-12(13(11)18)17(19,20)21/h2-4,9-10H,5-8H2,1H3/t9-/m0/s1. The molecular formula is C17H16ClF3N4O. The van der Waals surface area contributed by atoms with Gasteiger partial charge in [-0.2, -0.15) is 13.2 Å². The molecule has 2 aromatic rings. The summed E-state index contributed by atoms with van der Waals surface area (Å²) >= 11 is 5.97. The normalized spacial score (nSPS) is 20.4. The molecule has 2 heterocycles. The van der Waals surface area contributed by atoms with Crippen molar-refractivity contribution in [3.8, 4) is 0 Å². The number of rotatable bonds is 3. The first-order valence-electron chi connectivity index (χ1n) is 8.36. The minimum atomic E-state index is -4.54. The number of amides is 1. The maximum Gasteiger partial charge on any atom is 0.417 e. The Kier molecular flexibility index (Phi) is 3.98. The zero-order chi connectivity index (χ0) is 18.6. The van der Waals surface area contributed by atoms with Crippen LogP contribution in [0.15, 0.2) is 18.2 Å². The van der Waals surface area contributed by atoms with E-state index in [1.807, 2.05) is 11.5 Å². The molecule has 138 valence electrons. The second kappa shape index (κ2) is 5.97. The smallest absolute Gasteiger partial charge is 0.327 e. The van der Waals surface area contributed by atoms with Crippen LogP contribution in [0.5, 0.6) is 0 Å². The lowest BCUT2D eigenvalue weighted by atomic mass is 10.1. The molecule has 1 atom stereocenters. The van der Waals surface area contributed by atoms with Crippen molar-refractivity contribution in [2.75, 3.05) is 0 Å². The van der Waals surface area contributed by atoms with Crippen molar-refractivity contribution in [3.05, 3.63) is 46.0 Å². The van der Waals surface area contributed by atoms with E-state index >= 15 is 0 Å². The fraction of sp³-hybridized carbons (Fsp3) is 0.471. The van der Waals surface area contributed by atoms with E-state index in [-0.39, 0.29) is 34.9 Å². The summed E-state index contributed by atoms with van der Waals surface area (Å²) in [7, 11) is 0. The number of benzene rings is 1. The molecule has 0 spiro atoms. The quantitative estimate of drug-likeness (QED) is 0.807. The van der Waals surface area contributed by atoms with Crippen LogP contribution in [0, 0.1) is 0 Å². The van der Waals surface area contributed by atoms with Crippen LogP contribution in [-0.4, -0.2) is 31.6 Å². The summed E-state index contributed by atoms with van der Waals surface area (Å²) in [5.41, 5.74) is -0.634. The third-order valence-corrected chi connectivity index (χ3v) is 5.32. The van der Waals surface area contributed by atoms with Gasteiger partial charge in [0, 0.05) is 25.0 Å². The summed E-state index contributed by atoms with van der Waals surface area (Å²) in [5, 5.41) is 7.78. The highest BCUT2D eigenvalue weighted by Gasteiger charge is 2.39. The van der Waals surface area contributed by atoms with Gasteiger partial charge in [0.15, 0.2) is 0 Å². The highest BCUT2D eigenvalue weighted by molar-refractivity contribution is 6.32. The second-order valence-electron chi connectivity index (χ2n) is 6.83. The first-order chi connectivity index (χ1) is 12.3. The zero-order valence-corrected chi connectivity index (χ0v) is 14.7. The highest BCUT2D eigenvalue weighted by atomic mass is 35.5. The lowest BCUT2D eigenvalue weighted by molar-refractivity contribution is -0.137. The van der Waals surface area contributed by atoms with Gasteiger partial charge in [-0.05, 0) is 31.4 Å². The number of alkyl halides is 3. The van der Waals surface area contributed by atoms with Crippen LogP contribution in [0.3, 0.4) is 0 Å². The number of halogens is 4. The molecule has 0 saturated heterocycles. The van der Waals surface area contributed by atoms with Gasteiger partial charge < -0.3 is 9.47 Å². The first-order valence-corrected chi connectivity index (χ1v) is 8.74. The lowest BCUT2D eigenvalue weighted by Crippen LogP contribution is -2.46. The van der Waals surface area contributed by atoms with Gasteiger partial charge in [-0.1, -0.05) is 23.7 Å². The summed E-state index contributed by atoms with van der Waals surface area (Å²) in [6.07, 6.45) is -2.45. The van der Waals surface area contributed by atoms with E-state index in [0.29, 0.717) is 12.5 Å². The van der Waals surface area contributed by atoms with Crippen LogP contribution < -0.4 is 0 Å². The summed E-state index contributed by atoms with van der Waals surface area (Å²) in [4.78, 5) is 14.3. The van der Waals surface area contributed by atoms with E-state index in [4.69, 9.17) is 11.6 Å². The first kappa shape index (κ1) is 17.3. The third kappa shape index (κ3) is 2.86. The zero-order valence-electron chi connectivity index (χ0n) is 13.9. The van der Waals surface area contributed by atoms with E-state index in [2.05, 4.69) is 10.2 Å². The van der Waals surface area contributed by atoms with E-state index in [1.165, 1.54) is 17.0 Å². The van der Waals surface area contributed by atoms with E-state index in [1.54, 1.807) is 0 Å². The van der Waals surface area contributed by atoms with Crippen molar-refractivity contribution < 1.29 is 18.0 Å². The van der Waals surface area contributed by atoms with Gasteiger partial charge >= 0.3 is 6.18 Å². The molecule has 26 heavy (non-hydrogen) atoms. The molecule has 0 bridgehead atoms. The van der Waals surface area contributed by atoms with Crippen molar-refractivity contribution in [3.63, 3.8) is 0 Å². The largest absolute Gasteiger partial charge is 0.417 e. The number of hydrogen-bond donors (Lipinski definition) is 0. The van der Waals surface area contributed by atoms with Crippen LogP contribution in [0.4, 0.5) is 13.2 Å². The van der Waals surface area contributed by atoms with Crippen molar-refractivity contribution in [1.29, 1.82) is 0 Å². The van der Waals surface area contributed by atoms with Crippen molar-refractivity contribution >= 4 is 17.5 Å². The number of fused-ring (bicyclic) bond motifs is 1. The molecule has 2 aliphatic rings. The molecule has 1 aromatic carbocycles. The van der Waals surface area contributed by atoms with Gasteiger partial charge in [0.1, 0.15) is 5.82 Å². The van der Waals surface area contributed by atoms with Gasteiger partial charge in [-0.3, -0.25) is 4.79 Å². The number of hydrogen-bond acceptors (Lipinski definition) is 3. The Hall–Kier alpha value is -2.09. The predicted molar refractivity (Wildman–Crippen MR) is 87.8 cm³/mol. The summed E-state index contributed by atoms with van der Waals surface area (Å²) in [6.45, 7) is 2.38. The fourth-order valence-electron chi connectivity index (χ4n) is 3.32. The number of aromatic nitrogens is 3. The Balaban J connectivity index is 1.64. The number of carbonyl (C=O) groups excluding carboxylic acids is 1. The monoisotopic (exact) mass is 384 g/mol. The molecule has 4 rings (SSSR count). The summed E-state index contributed by atoms with van der Waals surface area (Å²) in [5.74, 6) is 1.10. The second-order valence-corrected chi connectivity index (χ2v) is 7.20. The van der Waals surface area contributed by atoms with Gasteiger partial charge in [0.05, 0.1) is 10.6 Å². The molecule has 1 amide bonds. The number of carbonyl (C=O) groups is 1. The van der Waals surface area contributed by atoms with Crippen LogP contribution >= 0.6 is 11.6 Å². The minimum Gasteiger partial charge on any atom is -0.327 e. The molecule has 1 fully saturated rings. The third-order valence-electron chi connectivity index (χ3n) is 4.88. The lowest BCUT2D eigenvalue weighted by Gasteiger charge is -2.34. The minimum absolute atomic E-state index is 0.00558. The predicted octanol–water partition coefficient (Wildman–Crippen LogP) is 3.87. The van der Waals surface area contributed by atoms with Gasteiger partial charge in [-0.25, -0.2) is 0 Å². The molecule has 1 saturated carbocycles. The summed E-state index contributed by atoms with van der Waals surface area (Å²) < 4.78 is 41.0. The maximum atomic E-state index is 13.1. The Labute approximate surface area is 152 Å². The molecule has 0 unspecified atom stereocenters. The van der Waals surface area contributed by atoms with E-state index in [9.17, 15) is 18.0 Å². The number of nitrogens with zero attached hydrogens (tertiary/aromatic N) is 4. The molecule has 9 heteroatoms. The van der Waals surface area contributed by atoms with E-state index < -0.39 is 11.7 Å². The molecule has 0 N–H and O–H groups in total. The van der Waals surface area contributed by atoms with Crippen molar-refractivity contribution in [2.24, 2.45) is 0 Å². The van der Waals surface area contributed by atoms with Crippen molar-refractivity contribution in [1.82, 2.24) is 19.7 Å². The molecule has 5 nitrogen and oxygen atoms in total. The average molecular weight is 385 g/mol. The van der Waals surface area contributed by atoms with Crippen molar-refractivity contribution in [2.45, 2.75) is 51.0 Å². The SMILES string of the molecule is C[C@H]1Cn2c(nnc2C2CC2)C(=O)N1Cc1cccc(C(F)(F)F)c1Cl. The highest BCUT2D eigenvalue weighted by Crippen LogP contribution is 2.40. The Bertz CT molecular complexity index is 875. The molecular weight excluding hydrogens is 369 g/mol. The van der Waals surface area contributed by atoms with Gasteiger partial charge in [0.2, 0.25) is 5.82 Å². The Morgan fingerprint density at radius 1 is 1.27 bits per heavy atom.